The lowest BCUT2D eigenvalue weighted by Crippen LogP contribution is -2.10. The molecule has 0 aromatic heterocycles. The van der Waals surface area contributed by atoms with E-state index in [1.807, 2.05) is 0 Å². The molecule has 1 N–H and O–H groups in total. The lowest BCUT2D eigenvalue weighted by Gasteiger charge is -2.22. The summed E-state index contributed by atoms with van der Waals surface area (Å²) in [5, 5.41) is 9.04. The first-order valence-corrected chi connectivity index (χ1v) is 6.61. The zero-order valence-electron chi connectivity index (χ0n) is 10.8. The normalized spacial score (nSPS) is 16.5. The van der Waals surface area contributed by atoms with Crippen molar-refractivity contribution in [2.75, 3.05) is 7.11 Å². The van der Waals surface area contributed by atoms with Crippen molar-refractivity contribution < 1.29 is 14.6 Å². The third-order valence-corrected chi connectivity index (χ3v) is 3.76. The van der Waals surface area contributed by atoms with Crippen molar-refractivity contribution >= 4 is 5.97 Å². The summed E-state index contributed by atoms with van der Waals surface area (Å²) in [6.07, 6.45) is 7.37. The molecule has 1 aliphatic carbocycles. The van der Waals surface area contributed by atoms with Crippen molar-refractivity contribution in [2.45, 2.75) is 38.5 Å². The first-order chi connectivity index (χ1) is 8.70. The summed E-state index contributed by atoms with van der Waals surface area (Å²) < 4.78 is 5.33. The van der Waals surface area contributed by atoms with E-state index in [0.29, 0.717) is 11.5 Å². The minimum Gasteiger partial charge on any atom is -0.496 e. The summed E-state index contributed by atoms with van der Waals surface area (Å²) in [7, 11) is 1.64. The molecule has 98 valence electrons. The number of aromatic carboxylic acids is 1. The Bertz CT molecular complexity index is 420. The van der Waals surface area contributed by atoms with E-state index in [1.54, 1.807) is 25.3 Å². The van der Waals surface area contributed by atoms with Gasteiger partial charge in [0.15, 0.2) is 0 Å². The number of hydrogen-bond donors (Lipinski definition) is 1. The molecule has 1 fully saturated rings. The van der Waals surface area contributed by atoms with Crippen LogP contribution in [-0.2, 0) is 6.42 Å². The zero-order valence-corrected chi connectivity index (χ0v) is 10.8. The zero-order chi connectivity index (χ0) is 13.0. The van der Waals surface area contributed by atoms with E-state index in [4.69, 9.17) is 9.84 Å². The molecule has 1 aliphatic rings. The van der Waals surface area contributed by atoms with Gasteiger partial charge in [0.05, 0.1) is 12.7 Å². The maximum absolute atomic E-state index is 11.0. The number of ether oxygens (including phenoxy) is 1. The molecule has 18 heavy (non-hydrogen) atoms. The molecule has 0 spiro atoms. The van der Waals surface area contributed by atoms with Crippen LogP contribution in [-0.4, -0.2) is 18.2 Å². The van der Waals surface area contributed by atoms with Gasteiger partial charge >= 0.3 is 5.97 Å². The van der Waals surface area contributed by atoms with E-state index in [0.717, 1.165) is 17.7 Å². The minimum absolute atomic E-state index is 0.349. The number of rotatable bonds is 4. The largest absolute Gasteiger partial charge is 0.496 e. The molecule has 0 bridgehead atoms. The second-order valence-corrected chi connectivity index (χ2v) is 5.04. The van der Waals surface area contributed by atoms with Crippen LogP contribution in [0, 0.1) is 5.92 Å². The summed E-state index contributed by atoms with van der Waals surface area (Å²) >= 11 is 0. The lowest BCUT2D eigenvalue weighted by atomic mass is 9.84. The summed E-state index contributed by atoms with van der Waals surface area (Å²) in [6.45, 7) is 0. The molecule has 0 unspecified atom stereocenters. The molecule has 0 aliphatic heterocycles. The van der Waals surface area contributed by atoms with E-state index in [9.17, 15) is 4.79 Å². The molecule has 0 heterocycles. The van der Waals surface area contributed by atoms with E-state index in [1.165, 1.54) is 32.1 Å². The molecule has 0 atom stereocenters. The predicted molar refractivity (Wildman–Crippen MR) is 70.2 cm³/mol. The smallest absolute Gasteiger partial charge is 0.335 e. The quantitative estimate of drug-likeness (QED) is 0.886. The third kappa shape index (κ3) is 3.03. The number of benzene rings is 1. The topological polar surface area (TPSA) is 46.5 Å². The van der Waals surface area contributed by atoms with Crippen molar-refractivity contribution in [2.24, 2.45) is 5.92 Å². The Hall–Kier alpha value is -1.51. The van der Waals surface area contributed by atoms with Crippen LogP contribution in [0.1, 0.15) is 48.0 Å². The number of methoxy groups -OCH3 is 1. The average molecular weight is 248 g/mol. The van der Waals surface area contributed by atoms with Crippen molar-refractivity contribution in [3.05, 3.63) is 29.3 Å². The van der Waals surface area contributed by atoms with Gasteiger partial charge in [-0.05, 0) is 36.1 Å². The number of carboxylic acid groups (broad SMARTS) is 1. The van der Waals surface area contributed by atoms with E-state index < -0.39 is 5.97 Å². The standard InChI is InChI=1S/C15H20O3/c1-18-14-8-7-12(15(16)17)10-13(14)9-11-5-3-2-4-6-11/h7-8,10-11H,2-6,9H2,1H3,(H,16,17). The summed E-state index contributed by atoms with van der Waals surface area (Å²) in [5.41, 5.74) is 1.38. The molecule has 2 rings (SSSR count). The molecule has 1 aromatic carbocycles. The highest BCUT2D eigenvalue weighted by Gasteiger charge is 2.17. The molecule has 1 saturated carbocycles. The molecule has 3 heteroatoms. The van der Waals surface area contributed by atoms with Gasteiger partial charge in [0.2, 0.25) is 0 Å². The Morgan fingerprint density at radius 2 is 2.06 bits per heavy atom. The highest BCUT2D eigenvalue weighted by atomic mass is 16.5. The monoisotopic (exact) mass is 248 g/mol. The number of carboxylic acids is 1. The molecule has 0 saturated heterocycles. The second-order valence-electron chi connectivity index (χ2n) is 5.04. The van der Waals surface area contributed by atoms with Gasteiger partial charge in [-0.1, -0.05) is 32.1 Å². The maximum atomic E-state index is 11.0. The molecule has 0 amide bonds. The van der Waals surface area contributed by atoms with Crippen LogP contribution in [0.25, 0.3) is 0 Å². The van der Waals surface area contributed by atoms with Gasteiger partial charge in [0.1, 0.15) is 5.75 Å². The summed E-state index contributed by atoms with van der Waals surface area (Å²) in [4.78, 5) is 11.0. The molecule has 3 nitrogen and oxygen atoms in total. The van der Waals surface area contributed by atoms with Gasteiger partial charge in [-0.3, -0.25) is 0 Å². The van der Waals surface area contributed by atoms with E-state index in [-0.39, 0.29) is 0 Å². The average Bonchev–Trinajstić information content (AvgIpc) is 2.39. The predicted octanol–water partition coefficient (Wildman–Crippen LogP) is 3.52. The Morgan fingerprint density at radius 3 is 2.67 bits per heavy atom. The van der Waals surface area contributed by atoms with Crippen molar-refractivity contribution in [3.8, 4) is 5.75 Å². The van der Waals surface area contributed by atoms with Gasteiger partial charge in [-0.2, -0.15) is 0 Å². The molecular formula is C15H20O3. The highest BCUT2D eigenvalue weighted by Crippen LogP contribution is 2.30. The molecule has 1 aromatic rings. The first kappa shape index (κ1) is 12.9. The number of hydrogen-bond acceptors (Lipinski definition) is 2. The van der Waals surface area contributed by atoms with Crippen LogP contribution >= 0.6 is 0 Å². The second kappa shape index (κ2) is 5.89. The lowest BCUT2D eigenvalue weighted by molar-refractivity contribution is 0.0696. The maximum Gasteiger partial charge on any atom is 0.335 e. The van der Waals surface area contributed by atoms with Crippen LogP contribution in [0.5, 0.6) is 5.75 Å². The summed E-state index contributed by atoms with van der Waals surface area (Å²) in [6, 6.07) is 5.13. The highest BCUT2D eigenvalue weighted by molar-refractivity contribution is 5.88. The van der Waals surface area contributed by atoms with Gasteiger partial charge in [0, 0.05) is 0 Å². The van der Waals surface area contributed by atoms with Gasteiger partial charge in [-0.15, -0.1) is 0 Å². The van der Waals surface area contributed by atoms with Crippen molar-refractivity contribution in [3.63, 3.8) is 0 Å². The Kier molecular flexibility index (Phi) is 4.24. The Morgan fingerprint density at radius 1 is 1.33 bits per heavy atom. The summed E-state index contributed by atoms with van der Waals surface area (Å²) in [5.74, 6) is 0.616. The van der Waals surface area contributed by atoms with Gasteiger partial charge in [-0.25, -0.2) is 4.79 Å². The fraction of sp³-hybridized carbons (Fsp3) is 0.533. The molecule has 0 radical (unpaired) electrons. The SMILES string of the molecule is COc1ccc(C(=O)O)cc1CC1CCCCC1. The fourth-order valence-electron chi connectivity index (χ4n) is 2.77. The van der Waals surface area contributed by atoms with Crippen LogP contribution in [0.4, 0.5) is 0 Å². The molecular weight excluding hydrogens is 228 g/mol. The Labute approximate surface area is 108 Å². The van der Waals surface area contributed by atoms with Crippen LogP contribution in [0.3, 0.4) is 0 Å². The van der Waals surface area contributed by atoms with Gasteiger partial charge in [0.25, 0.3) is 0 Å². The van der Waals surface area contributed by atoms with Crippen LogP contribution in [0.2, 0.25) is 0 Å². The minimum atomic E-state index is -0.873. The van der Waals surface area contributed by atoms with Crippen LogP contribution in [0.15, 0.2) is 18.2 Å². The van der Waals surface area contributed by atoms with Gasteiger partial charge < -0.3 is 9.84 Å². The third-order valence-electron chi connectivity index (χ3n) is 3.76. The van der Waals surface area contributed by atoms with E-state index in [2.05, 4.69) is 0 Å². The van der Waals surface area contributed by atoms with Crippen molar-refractivity contribution in [1.29, 1.82) is 0 Å². The fourth-order valence-corrected chi connectivity index (χ4v) is 2.77. The Balaban J connectivity index is 2.17. The van der Waals surface area contributed by atoms with E-state index >= 15 is 0 Å². The number of carbonyl (C=O) groups is 1. The van der Waals surface area contributed by atoms with Crippen LogP contribution < -0.4 is 4.74 Å². The first-order valence-electron chi connectivity index (χ1n) is 6.61. The van der Waals surface area contributed by atoms with Crippen molar-refractivity contribution in [1.82, 2.24) is 0 Å².